The largest absolute Gasteiger partial charge is 0.481 e. The van der Waals surface area contributed by atoms with Crippen LogP contribution in [-0.4, -0.2) is 124 Å². The number of aliphatic carboxylic acids is 2. The maximum atomic E-state index is 14.6. The molecule has 22 nitrogen and oxygen atoms in total. The van der Waals surface area contributed by atoms with Gasteiger partial charge in [-0.2, -0.15) is 0 Å². The molecule has 0 aliphatic carbocycles. The number of carbonyl (C=O) groups excluding carboxylic acids is 5. The third kappa shape index (κ3) is 12.9. The van der Waals surface area contributed by atoms with Crippen molar-refractivity contribution < 1.29 is 43.8 Å². The number of aromatic nitrogens is 6. The van der Waals surface area contributed by atoms with Crippen molar-refractivity contribution in [2.45, 2.75) is 87.6 Å². The van der Waals surface area contributed by atoms with Crippen LogP contribution in [0.15, 0.2) is 86.0 Å². The van der Waals surface area contributed by atoms with Crippen molar-refractivity contribution in [3.05, 3.63) is 108 Å². The number of nitrogens with one attached hydrogen (secondary N) is 9. The minimum Gasteiger partial charge on any atom is -0.481 e. The number of imidazole rings is 2. The second-order valence-electron chi connectivity index (χ2n) is 15.8. The summed E-state index contributed by atoms with van der Waals surface area (Å²) in [5.74, 6) is -7.08. The van der Waals surface area contributed by atoms with Gasteiger partial charge in [0.2, 0.25) is 29.5 Å². The lowest BCUT2D eigenvalue weighted by molar-refractivity contribution is -0.147. The van der Waals surface area contributed by atoms with Gasteiger partial charge in [-0.3, -0.25) is 28.8 Å². The SMILES string of the molecule is NCCCC[C@@H](NC(=O)[C@H](Cc1cnc[nH]1)NC(=O)[C@H](Cc1c[nH]c2ccccc12)NC(=O)[C@@H](Cc1cnc[nH]1)NC(=O)[C@@H](N)Cc1c[nH]c2ccccc12)C(=O)N[C@@H](CC(=O)O)C(=O)O. The number of rotatable bonds is 25. The van der Waals surface area contributed by atoms with Crippen molar-refractivity contribution in [1.29, 1.82) is 0 Å². The van der Waals surface area contributed by atoms with Crippen LogP contribution < -0.4 is 38.1 Å². The summed E-state index contributed by atoms with van der Waals surface area (Å²) in [6.45, 7) is 0.255. The van der Waals surface area contributed by atoms with Crippen molar-refractivity contribution in [3.63, 3.8) is 0 Å². The van der Waals surface area contributed by atoms with Gasteiger partial charge in [-0.25, -0.2) is 14.8 Å². The Morgan fingerprint density at radius 3 is 1.50 bits per heavy atom. The van der Waals surface area contributed by atoms with Gasteiger partial charge in [0, 0.05) is 77.2 Å². The van der Waals surface area contributed by atoms with Crippen molar-refractivity contribution in [1.82, 2.24) is 56.5 Å². The Balaban J connectivity index is 1.26. The highest BCUT2D eigenvalue weighted by Crippen LogP contribution is 2.21. The normalized spacial score (nSPS) is 14.0. The first kappa shape index (κ1) is 47.6. The molecule has 4 heterocycles. The van der Waals surface area contributed by atoms with Gasteiger partial charge in [0.25, 0.3) is 0 Å². The highest BCUT2D eigenvalue weighted by Gasteiger charge is 2.34. The van der Waals surface area contributed by atoms with Crippen LogP contribution in [0, 0.1) is 0 Å². The van der Waals surface area contributed by atoms with E-state index in [1.54, 1.807) is 12.4 Å². The number of fused-ring (bicyclic) bond motifs is 2. The van der Waals surface area contributed by atoms with Gasteiger partial charge >= 0.3 is 11.9 Å². The molecule has 22 heteroatoms. The highest BCUT2D eigenvalue weighted by atomic mass is 16.4. The number of benzene rings is 2. The van der Waals surface area contributed by atoms with E-state index in [-0.39, 0.29) is 38.6 Å². The van der Waals surface area contributed by atoms with Crippen LogP contribution in [0.3, 0.4) is 0 Å². The molecule has 66 heavy (non-hydrogen) atoms. The maximum absolute atomic E-state index is 14.6. The van der Waals surface area contributed by atoms with Crippen molar-refractivity contribution in [3.8, 4) is 0 Å². The van der Waals surface area contributed by atoms with Crippen LogP contribution in [0.5, 0.6) is 0 Å². The van der Waals surface area contributed by atoms with E-state index < -0.39 is 84.1 Å². The van der Waals surface area contributed by atoms with Crippen molar-refractivity contribution in [2.75, 3.05) is 6.54 Å². The molecule has 5 amide bonds. The summed E-state index contributed by atoms with van der Waals surface area (Å²) in [5.41, 5.74) is 16.1. The first-order valence-electron chi connectivity index (χ1n) is 21.3. The number of carboxylic acid groups (broad SMARTS) is 2. The fraction of sp³-hybridized carbons (Fsp3) is 0.341. The van der Waals surface area contributed by atoms with Gasteiger partial charge < -0.3 is 68.2 Å². The van der Waals surface area contributed by atoms with E-state index in [2.05, 4.69) is 56.5 Å². The molecule has 0 unspecified atom stereocenters. The monoisotopic (exact) mass is 907 g/mol. The van der Waals surface area contributed by atoms with E-state index in [9.17, 15) is 43.8 Å². The number of nitrogens with zero attached hydrogens (tertiary/aromatic N) is 2. The van der Waals surface area contributed by atoms with E-state index >= 15 is 0 Å². The Kier molecular flexibility index (Phi) is 16.4. The van der Waals surface area contributed by atoms with E-state index in [0.29, 0.717) is 29.8 Å². The molecule has 0 saturated heterocycles. The van der Waals surface area contributed by atoms with Gasteiger partial charge in [0.15, 0.2) is 0 Å². The molecule has 6 rings (SSSR count). The number of carbonyl (C=O) groups is 7. The Hall–Kier alpha value is -7.85. The fourth-order valence-electron chi connectivity index (χ4n) is 7.52. The van der Waals surface area contributed by atoms with Crippen LogP contribution in [0.4, 0.5) is 0 Å². The lowest BCUT2D eigenvalue weighted by Crippen LogP contribution is -2.60. The molecule has 348 valence electrons. The number of H-pyrrole nitrogens is 4. The quantitative estimate of drug-likeness (QED) is 0.0332. The standard InChI is InChI=1S/C44H53N13O9/c45-12-6-5-11-33(40(61)57-37(44(65)66)17-38(58)59)53-42(63)36(16-27-21-48-23-52-27)56-41(62)34(14-25-19-50-32-10-4-2-8-29(25)32)55-43(64)35(15-26-20-47-22-51-26)54-39(60)30(46)13-24-18-49-31-9-3-1-7-28(24)31/h1-4,7-10,18-23,30,33-37,49-50H,5-6,11-17,45-46H2,(H,47,51)(H,48,52)(H,53,63)(H,54,60)(H,55,64)(H,56,62)(H,57,61)(H,58,59)(H,65,66)/t30-,33+,34-,35+,36-,37-/m0/s1. The molecule has 0 saturated carbocycles. The van der Waals surface area contributed by atoms with Crippen LogP contribution in [0.25, 0.3) is 21.8 Å². The zero-order valence-electron chi connectivity index (χ0n) is 35.7. The number of hydrogen-bond donors (Lipinski definition) is 13. The van der Waals surface area contributed by atoms with Gasteiger partial charge in [-0.15, -0.1) is 0 Å². The summed E-state index contributed by atoms with van der Waals surface area (Å²) >= 11 is 0. The van der Waals surface area contributed by atoms with Crippen LogP contribution in [0.2, 0.25) is 0 Å². The summed E-state index contributed by atoms with van der Waals surface area (Å²) in [5, 5.41) is 33.5. The zero-order chi connectivity index (χ0) is 47.2. The average molecular weight is 908 g/mol. The summed E-state index contributed by atoms with van der Waals surface area (Å²) in [6, 6.07) is 6.60. The molecule has 0 spiro atoms. The summed E-state index contributed by atoms with van der Waals surface area (Å²) in [7, 11) is 0. The number of nitrogens with two attached hydrogens (primary N) is 2. The molecule has 0 aliphatic rings. The zero-order valence-corrected chi connectivity index (χ0v) is 35.7. The Bertz CT molecular complexity index is 2610. The van der Waals surface area contributed by atoms with Gasteiger partial charge in [0.1, 0.15) is 30.2 Å². The third-order valence-corrected chi connectivity index (χ3v) is 11.0. The Morgan fingerprint density at radius 2 is 1.02 bits per heavy atom. The topological polar surface area (TPSA) is 361 Å². The molecule has 0 radical (unpaired) electrons. The first-order valence-corrected chi connectivity index (χ1v) is 21.3. The number of para-hydroxylation sites is 2. The van der Waals surface area contributed by atoms with Crippen LogP contribution in [0.1, 0.15) is 48.2 Å². The van der Waals surface area contributed by atoms with Gasteiger partial charge in [-0.05, 0) is 55.5 Å². The van der Waals surface area contributed by atoms with Gasteiger partial charge in [-0.1, -0.05) is 36.4 Å². The Labute approximate surface area is 376 Å². The third-order valence-electron chi connectivity index (χ3n) is 11.0. The lowest BCUT2D eigenvalue weighted by Gasteiger charge is -2.27. The minimum absolute atomic E-state index is 0.00691. The van der Waals surface area contributed by atoms with Gasteiger partial charge in [0.05, 0.1) is 25.1 Å². The molecule has 4 aromatic heterocycles. The number of aromatic amines is 4. The molecule has 15 N–H and O–H groups in total. The minimum atomic E-state index is -1.80. The molecule has 0 fully saturated rings. The maximum Gasteiger partial charge on any atom is 0.326 e. The van der Waals surface area contributed by atoms with Crippen LogP contribution in [-0.2, 0) is 59.2 Å². The molecule has 6 atom stereocenters. The highest BCUT2D eigenvalue weighted by molar-refractivity contribution is 5.97. The van der Waals surface area contributed by atoms with E-state index in [0.717, 1.165) is 27.4 Å². The van der Waals surface area contributed by atoms with Crippen molar-refractivity contribution in [2.24, 2.45) is 11.5 Å². The molecule has 0 bridgehead atoms. The second kappa shape index (κ2) is 22.7. The number of carboxylic acids is 2. The molecule has 0 aliphatic heterocycles. The smallest absolute Gasteiger partial charge is 0.326 e. The molecule has 6 aromatic rings. The van der Waals surface area contributed by atoms with E-state index in [1.165, 1.54) is 25.0 Å². The number of unbranched alkanes of at least 4 members (excludes halogenated alkanes) is 1. The average Bonchev–Trinajstić information content (AvgIpc) is 4.14. The fourth-order valence-corrected chi connectivity index (χ4v) is 7.52. The number of hydrogen-bond acceptors (Lipinski definition) is 11. The first-order chi connectivity index (χ1) is 31.8. The number of amides is 5. The second-order valence-corrected chi connectivity index (χ2v) is 15.8. The summed E-state index contributed by atoms with van der Waals surface area (Å²) in [6.07, 6.45) is 8.83. The molecule has 2 aromatic carbocycles. The predicted molar refractivity (Wildman–Crippen MR) is 239 cm³/mol. The summed E-state index contributed by atoms with van der Waals surface area (Å²) in [4.78, 5) is 114. The Morgan fingerprint density at radius 1 is 0.561 bits per heavy atom. The van der Waals surface area contributed by atoms with E-state index in [4.69, 9.17) is 11.5 Å². The predicted octanol–water partition coefficient (Wildman–Crippen LogP) is -0.194. The van der Waals surface area contributed by atoms with Crippen LogP contribution >= 0.6 is 0 Å². The molecular weight excluding hydrogens is 855 g/mol. The lowest BCUT2D eigenvalue weighted by atomic mass is 10.0. The summed E-state index contributed by atoms with van der Waals surface area (Å²) < 4.78 is 0. The molecular formula is C44H53N13O9. The van der Waals surface area contributed by atoms with E-state index in [1.807, 2.05) is 48.5 Å². The van der Waals surface area contributed by atoms with Crippen molar-refractivity contribution >= 4 is 63.3 Å².